The summed E-state index contributed by atoms with van der Waals surface area (Å²) in [6, 6.07) is 2.13. The van der Waals surface area contributed by atoms with Crippen molar-refractivity contribution in [2.24, 2.45) is 0 Å². The van der Waals surface area contributed by atoms with Gasteiger partial charge in [0.1, 0.15) is 0 Å². The molecule has 1 unspecified atom stereocenters. The Labute approximate surface area is 108 Å². The van der Waals surface area contributed by atoms with Gasteiger partial charge in [0.2, 0.25) is 0 Å². The van der Waals surface area contributed by atoms with E-state index in [0.717, 1.165) is 13.1 Å². The van der Waals surface area contributed by atoms with E-state index in [1.807, 2.05) is 0 Å². The molecule has 1 aliphatic rings. The van der Waals surface area contributed by atoms with Gasteiger partial charge in [0.05, 0.1) is 45.7 Å². The molecule has 0 saturated carbocycles. The van der Waals surface area contributed by atoms with Gasteiger partial charge < -0.3 is 18.9 Å². The summed E-state index contributed by atoms with van der Waals surface area (Å²) in [6.07, 6.45) is -0.295. The Balaban J connectivity index is 1.90. The summed E-state index contributed by atoms with van der Waals surface area (Å²) in [5.41, 5.74) is 0. The van der Waals surface area contributed by atoms with Crippen LogP contribution in [0.1, 0.15) is 0 Å². The zero-order valence-electron chi connectivity index (χ0n) is 11.0. The summed E-state index contributed by atoms with van der Waals surface area (Å²) in [6.45, 7) is 6.05. The minimum atomic E-state index is -0.295. The lowest BCUT2D eigenvalue weighted by molar-refractivity contribution is -0.0178. The number of methoxy groups -OCH3 is 1. The van der Waals surface area contributed by atoms with E-state index in [1.165, 1.54) is 0 Å². The molecule has 18 heavy (non-hydrogen) atoms. The summed E-state index contributed by atoms with van der Waals surface area (Å²) in [5.74, 6) is 0. The van der Waals surface area contributed by atoms with E-state index in [4.69, 9.17) is 24.2 Å². The minimum absolute atomic E-state index is 0.295. The normalized spacial score (nSPS) is 20.8. The number of rotatable bonds is 9. The molecule has 1 heterocycles. The molecule has 1 fully saturated rings. The third-order valence-corrected chi connectivity index (χ3v) is 2.65. The van der Waals surface area contributed by atoms with Crippen molar-refractivity contribution in [3.05, 3.63) is 0 Å². The zero-order chi connectivity index (χ0) is 13.1. The molecule has 1 atom stereocenters. The minimum Gasteiger partial charge on any atom is -0.382 e. The fourth-order valence-corrected chi connectivity index (χ4v) is 1.64. The van der Waals surface area contributed by atoms with Crippen LogP contribution in [-0.4, -0.2) is 77.4 Å². The van der Waals surface area contributed by atoms with Gasteiger partial charge in [-0.3, -0.25) is 4.90 Å². The summed E-state index contributed by atoms with van der Waals surface area (Å²) < 4.78 is 20.9. The number of nitrogens with zero attached hydrogens (tertiary/aromatic N) is 2. The van der Waals surface area contributed by atoms with Crippen LogP contribution in [0.4, 0.5) is 0 Å². The van der Waals surface area contributed by atoms with Crippen LogP contribution in [0.15, 0.2) is 0 Å². The topological polar surface area (TPSA) is 63.9 Å². The molecule has 0 amide bonds. The molecule has 0 radical (unpaired) electrons. The van der Waals surface area contributed by atoms with Crippen LogP contribution in [0, 0.1) is 11.3 Å². The molecule has 104 valence electrons. The van der Waals surface area contributed by atoms with E-state index >= 15 is 0 Å². The molecule has 0 spiro atoms. The molecule has 0 aromatic carbocycles. The standard InChI is InChI=1S/C12H22N2O4/c1-15-6-7-17-9-8-16-4-2-14-3-5-18-12(10-13)11-14/h12H,2-9,11H2,1H3. The van der Waals surface area contributed by atoms with Crippen molar-refractivity contribution in [3.63, 3.8) is 0 Å². The highest BCUT2D eigenvalue weighted by atomic mass is 16.5. The predicted molar refractivity (Wildman–Crippen MR) is 65.3 cm³/mol. The molecular formula is C12H22N2O4. The molecule has 1 saturated heterocycles. The Kier molecular flexibility index (Phi) is 8.73. The van der Waals surface area contributed by atoms with E-state index < -0.39 is 0 Å². The fraction of sp³-hybridized carbons (Fsp3) is 0.917. The SMILES string of the molecule is COCCOCCOCCN1CCOC(C#N)C1. The maximum absolute atomic E-state index is 8.76. The van der Waals surface area contributed by atoms with Crippen LogP contribution in [0.3, 0.4) is 0 Å². The van der Waals surface area contributed by atoms with Crippen molar-refractivity contribution in [2.75, 3.05) is 66.4 Å². The van der Waals surface area contributed by atoms with Crippen molar-refractivity contribution in [3.8, 4) is 6.07 Å². The smallest absolute Gasteiger partial charge is 0.156 e. The molecule has 0 N–H and O–H groups in total. The van der Waals surface area contributed by atoms with Gasteiger partial charge in [-0.05, 0) is 0 Å². The van der Waals surface area contributed by atoms with Crippen LogP contribution < -0.4 is 0 Å². The molecule has 0 aromatic heterocycles. The third-order valence-electron chi connectivity index (χ3n) is 2.65. The van der Waals surface area contributed by atoms with Gasteiger partial charge in [-0.15, -0.1) is 0 Å². The van der Waals surface area contributed by atoms with Gasteiger partial charge in [-0.2, -0.15) is 5.26 Å². The lowest BCUT2D eigenvalue weighted by Crippen LogP contribution is -2.43. The molecule has 0 aromatic rings. The highest BCUT2D eigenvalue weighted by Gasteiger charge is 2.19. The average molecular weight is 258 g/mol. The fourth-order valence-electron chi connectivity index (χ4n) is 1.64. The molecule has 6 heteroatoms. The van der Waals surface area contributed by atoms with Crippen molar-refractivity contribution in [2.45, 2.75) is 6.10 Å². The number of hydrogen-bond donors (Lipinski definition) is 0. The Morgan fingerprint density at radius 2 is 1.94 bits per heavy atom. The largest absolute Gasteiger partial charge is 0.382 e. The lowest BCUT2D eigenvalue weighted by Gasteiger charge is -2.29. The van der Waals surface area contributed by atoms with E-state index in [-0.39, 0.29) is 6.10 Å². The Morgan fingerprint density at radius 3 is 2.67 bits per heavy atom. The molecule has 1 rings (SSSR count). The molecule has 1 aliphatic heterocycles. The monoisotopic (exact) mass is 258 g/mol. The number of hydrogen-bond acceptors (Lipinski definition) is 6. The van der Waals surface area contributed by atoms with Crippen LogP contribution in [0.5, 0.6) is 0 Å². The van der Waals surface area contributed by atoms with E-state index in [1.54, 1.807) is 7.11 Å². The highest BCUT2D eigenvalue weighted by molar-refractivity contribution is 4.89. The Hall–Kier alpha value is -0.710. The Bertz CT molecular complexity index is 245. The molecule has 0 aliphatic carbocycles. The van der Waals surface area contributed by atoms with E-state index in [9.17, 15) is 0 Å². The van der Waals surface area contributed by atoms with Crippen LogP contribution in [0.25, 0.3) is 0 Å². The van der Waals surface area contributed by atoms with Crippen molar-refractivity contribution in [1.82, 2.24) is 4.90 Å². The van der Waals surface area contributed by atoms with Gasteiger partial charge in [0, 0.05) is 26.7 Å². The quantitative estimate of drug-likeness (QED) is 0.538. The van der Waals surface area contributed by atoms with Crippen molar-refractivity contribution >= 4 is 0 Å². The molecule has 6 nitrogen and oxygen atoms in total. The second kappa shape index (κ2) is 10.2. The first kappa shape index (κ1) is 15.3. The first-order chi connectivity index (χ1) is 8.86. The van der Waals surface area contributed by atoms with Crippen LogP contribution >= 0.6 is 0 Å². The number of ether oxygens (including phenoxy) is 4. The van der Waals surface area contributed by atoms with Crippen molar-refractivity contribution < 1.29 is 18.9 Å². The van der Waals surface area contributed by atoms with E-state index in [0.29, 0.717) is 46.2 Å². The van der Waals surface area contributed by atoms with Gasteiger partial charge in [0.15, 0.2) is 6.10 Å². The lowest BCUT2D eigenvalue weighted by atomic mass is 10.3. The van der Waals surface area contributed by atoms with Gasteiger partial charge >= 0.3 is 0 Å². The first-order valence-corrected chi connectivity index (χ1v) is 6.25. The second-order valence-corrected chi connectivity index (χ2v) is 4.01. The summed E-state index contributed by atoms with van der Waals surface area (Å²) >= 11 is 0. The van der Waals surface area contributed by atoms with Gasteiger partial charge in [0.25, 0.3) is 0 Å². The molecular weight excluding hydrogens is 236 g/mol. The average Bonchev–Trinajstić information content (AvgIpc) is 2.42. The summed E-state index contributed by atoms with van der Waals surface area (Å²) in [4.78, 5) is 2.18. The summed E-state index contributed by atoms with van der Waals surface area (Å²) in [7, 11) is 1.65. The van der Waals surface area contributed by atoms with Crippen LogP contribution in [-0.2, 0) is 18.9 Å². The predicted octanol–water partition coefficient (Wildman–Crippen LogP) is -0.110. The molecule has 0 bridgehead atoms. The maximum atomic E-state index is 8.76. The summed E-state index contributed by atoms with van der Waals surface area (Å²) in [5, 5.41) is 8.76. The second-order valence-electron chi connectivity index (χ2n) is 4.01. The zero-order valence-corrected chi connectivity index (χ0v) is 11.0. The highest BCUT2D eigenvalue weighted by Crippen LogP contribution is 2.03. The first-order valence-electron chi connectivity index (χ1n) is 6.25. The number of nitriles is 1. The van der Waals surface area contributed by atoms with Gasteiger partial charge in [-0.25, -0.2) is 0 Å². The maximum Gasteiger partial charge on any atom is 0.156 e. The van der Waals surface area contributed by atoms with Gasteiger partial charge in [-0.1, -0.05) is 0 Å². The van der Waals surface area contributed by atoms with Crippen LogP contribution in [0.2, 0.25) is 0 Å². The Morgan fingerprint density at radius 1 is 1.22 bits per heavy atom. The number of morpholine rings is 1. The third kappa shape index (κ3) is 6.89. The van der Waals surface area contributed by atoms with Crippen molar-refractivity contribution in [1.29, 1.82) is 5.26 Å². The van der Waals surface area contributed by atoms with E-state index in [2.05, 4.69) is 11.0 Å².